The number of carbonyl (C=O) groups is 4. The molecule has 0 aromatic heterocycles. The van der Waals surface area contributed by atoms with Crippen LogP contribution in [-0.2, 0) is 33.4 Å². The third kappa shape index (κ3) is 3.69. The maximum absolute atomic E-state index is 13.1. The van der Waals surface area contributed by atoms with Crippen LogP contribution in [0.5, 0.6) is 5.75 Å². The second kappa shape index (κ2) is 9.56. The minimum absolute atomic E-state index is 0.00845. The number of para-hydroxylation sites is 1. The van der Waals surface area contributed by atoms with E-state index in [4.69, 9.17) is 18.9 Å². The molecule has 162 valence electrons. The molecule has 1 aliphatic carbocycles. The normalized spacial score (nSPS) is 21.9. The molecule has 2 rings (SSSR count). The summed E-state index contributed by atoms with van der Waals surface area (Å²) in [6, 6.07) is 6.68. The molecule has 0 heterocycles. The molecule has 0 bridgehead atoms. The standard InChI is InChI=1S/C22H26O8/c1-6-13-12-22(20(25)28-4,21(26)29-5)17(14-10-8-9-11-15(14)27-3)16(13)18(23)19(24)30-7-2/h6,8-11,13,16-17H,1,7,12H2,2-5H3/t13-,16-,17+/m0/s1. The van der Waals surface area contributed by atoms with Gasteiger partial charge in [-0.05, 0) is 30.9 Å². The van der Waals surface area contributed by atoms with Gasteiger partial charge in [0.2, 0.25) is 5.78 Å². The highest BCUT2D eigenvalue weighted by atomic mass is 16.5. The SMILES string of the molecule is C=C[C@H]1CC(C(=O)OC)(C(=O)OC)[C@H](c2ccccc2OC)[C@H]1C(=O)C(=O)OCC. The smallest absolute Gasteiger partial charge is 0.374 e. The van der Waals surface area contributed by atoms with E-state index in [0.717, 1.165) is 14.2 Å². The van der Waals surface area contributed by atoms with E-state index in [2.05, 4.69) is 6.58 Å². The molecule has 0 saturated heterocycles. The molecule has 8 nitrogen and oxygen atoms in total. The monoisotopic (exact) mass is 418 g/mol. The summed E-state index contributed by atoms with van der Waals surface area (Å²) in [5.74, 6) is -6.15. The Balaban J connectivity index is 2.83. The van der Waals surface area contributed by atoms with Crippen molar-refractivity contribution in [3.05, 3.63) is 42.5 Å². The van der Waals surface area contributed by atoms with Crippen LogP contribution < -0.4 is 4.74 Å². The summed E-state index contributed by atoms with van der Waals surface area (Å²) in [6.07, 6.45) is 1.34. The van der Waals surface area contributed by atoms with Gasteiger partial charge in [-0.15, -0.1) is 6.58 Å². The van der Waals surface area contributed by atoms with Crippen LogP contribution in [-0.4, -0.2) is 51.6 Å². The van der Waals surface area contributed by atoms with Crippen molar-refractivity contribution in [2.24, 2.45) is 17.3 Å². The van der Waals surface area contributed by atoms with E-state index >= 15 is 0 Å². The van der Waals surface area contributed by atoms with E-state index in [1.807, 2.05) is 0 Å². The van der Waals surface area contributed by atoms with Crippen molar-refractivity contribution in [3.8, 4) is 5.75 Å². The molecule has 0 spiro atoms. The lowest BCUT2D eigenvalue weighted by Gasteiger charge is -2.32. The lowest BCUT2D eigenvalue weighted by molar-refractivity contribution is -0.171. The fourth-order valence-corrected chi connectivity index (χ4v) is 4.34. The minimum Gasteiger partial charge on any atom is -0.496 e. The van der Waals surface area contributed by atoms with E-state index in [0.29, 0.717) is 11.3 Å². The second-order valence-electron chi connectivity index (χ2n) is 6.89. The van der Waals surface area contributed by atoms with Gasteiger partial charge in [-0.3, -0.25) is 14.4 Å². The Bertz CT molecular complexity index is 827. The lowest BCUT2D eigenvalue weighted by Crippen LogP contribution is -2.45. The van der Waals surface area contributed by atoms with Gasteiger partial charge in [-0.25, -0.2) is 4.79 Å². The van der Waals surface area contributed by atoms with Crippen LogP contribution in [0.3, 0.4) is 0 Å². The maximum Gasteiger partial charge on any atom is 0.374 e. The molecule has 8 heteroatoms. The molecule has 1 aliphatic rings. The maximum atomic E-state index is 13.1. The summed E-state index contributed by atoms with van der Waals surface area (Å²) in [4.78, 5) is 51.5. The summed E-state index contributed by atoms with van der Waals surface area (Å²) in [5.41, 5.74) is -1.47. The van der Waals surface area contributed by atoms with Crippen LogP contribution in [0.1, 0.15) is 24.8 Å². The first-order valence-corrected chi connectivity index (χ1v) is 9.47. The first-order valence-electron chi connectivity index (χ1n) is 9.47. The lowest BCUT2D eigenvalue weighted by atomic mass is 9.70. The Morgan fingerprint density at radius 1 is 1.10 bits per heavy atom. The van der Waals surface area contributed by atoms with E-state index in [9.17, 15) is 19.2 Å². The third-order valence-corrected chi connectivity index (χ3v) is 5.56. The van der Waals surface area contributed by atoms with Crippen LogP contribution in [0, 0.1) is 17.3 Å². The summed E-state index contributed by atoms with van der Waals surface area (Å²) >= 11 is 0. The molecular weight excluding hydrogens is 392 g/mol. The average Bonchev–Trinajstić information content (AvgIpc) is 3.13. The number of methoxy groups -OCH3 is 3. The molecule has 0 unspecified atom stereocenters. The van der Waals surface area contributed by atoms with Gasteiger partial charge in [0.15, 0.2) is 5.41 Å². The number of hydrogen-bond acceptors (Lipinski definition) is 8. The number of esters is 3. The van der Waals surface area contributed by atoms with Crippen molar-refractivity contribution < 1.29 is 38.1 Å². The van der Waals surface area contributed by atoms with Crippen molar-refractivity contribution in [3.63, 3.8) is 0 Å². The fraction of sp³-hybridized carbons (Fsp3) is 0.455. The molecule has 1 fully saturated rings. The van der Waals surface area contributed by atoms with Crippen LogP contribution in [0.4, 0.5) is 0 Å². The Hall–Kier alpha value is -3.16. The third-order valence-electron chi connectivity index (χ3n) is 5.56. The first-order chi connectivity index (χ1) is 14.3. The quantitative estimate of drug-likeness (QED) is 0.208. The predicted molar refractivity (Wildman–Crippen MR) is 106 cm³/mol. The molecule has 30 heavy (non-hydrogen) atoms. The summed E-state index contributed by atoms with van der Waals surface area (Å²) in [6.45, 7) is 5.33. The number of benzene rings is 1. The van der Waals surface area contributed by atoms with Gasteiger partial charge in [-0.1, -0.05) is 24.3 Å². The Kier molecular flexibility index (Phi) is 7.37. The van der Waals surface area contributed by atoms with E-state index in [1.165, 1.54) is 13.2 Å². The molecule has 1 saturated carbocycles. The zero-order valence-electron chi connectivity index (χ0n) is 17.5. The summed E-state index contributed by atoms with van der Waals surface area (Å²) in [5, 5.41) is 0. The molecule has 1 aromatic rings. The van der Waals surface area contributed by atoms with E-state index < -0.39 is 46.9 Å². The van der Waals surface area contributed by atoms with Gasteiger partial charge in [0.25, 0.3) is 0 Å². The predicted octanol–water partition coefficient (Wildman–Crippen LogP) is 2.07. The number of ether oxygens (including phenoxy) is 4. The molecule has 0 N–H and O–H groups in total. The van der Waals surface area contributed by atoms with Crippen LogP contribution in [0.25, 0.3) is 0 Å². The van der Waals surface area contributed by atoms with Crippen LogP contribution >= 0.6 is 0 Å². The molecule has 3 atom stereocenters. The fourth-order valence-electron chi connectivity index (χ4n) is 4.34. The summed E-state index contributed by atoms with van der Waals surface area (Å²) < 4.78 is 20.3. The number of allylic oxidation sites excluding steroid dienone is 1. The Morgan fingerprint density at radius 2 is 1.70 bits per heavy atom. The molecular formula is C22H26O8. The van der Waals surface area contributed by atoms with Gasteiger partial charge >= 0.3 is 17.9 Å². The largest absolute Gasteiger partial charge is 0.496 e. The van der Waals surface area contributed by atoms with Gasteiger partial charge < -0.3 is 18.9 Å². The number of ketones is 1. The van der Waals surface area contributed by atoms with Crippen molar-refractivity contribution >= 4 is 23.7 Å². The minimum atomic E-state index is -1.87. The van der Waals surface area contributed by atoms with Gasteiger partial charge in [0.1, 0.15) is 5.75 Å². The molecule has 0 amide bonds. The number of Topliss-reactive ketones (excluding diaryl/α,β-unsaturated/α-hetero) is 1. The Labute approximate surface area is 175 Å². The zero-order chi connectivity index (χ0) is 22.5. The molecule has 0 aliphatic heterocycles. The summed E-state index contributed by atoms with van der Waals surface area (Å²) in [7, 11) is 3.73. The van der Waals surface area contributed by atoms with Crippen molar-refractivity contribution in [2.75, 3.05) is 27.9 Å². The molecule has 1 aromatic carbocycles. The number of hydrogen-bond donors (Lipinski definition) is 0. The van der Waals surface area contributed by atoms with Crippen LogP contribution in [0.2, 0.25) is 0 Å². The topological polar surface area (TPSA) is 105 Å². The van der Waals surface area contributed by atoms with Crippen LogP contribution in [0.15, 0.2) is 36.9 Å². The highest BCUT2D eigenvalue weighted by Crippen LogP contribution is 2.59. The highest BCUT2D eigenvalue weighted by Gasteiger charge is 2.66. The van der Waals surface area contributed by atoms with Gasteiger partial charge in [0.05, 0.1) is 27.9 Å². The first kappa shape index (κ1) is 23.1. The van der Waals surface area contributed by atoms with Gasteiger partial charge in [0, 0.05) is 11.8 Å². The van der Waals surface area contributed by atoms with Crippen molar-refractivity contribution in [1.82, 2.24) is 0 Å². The highest BCUT2D eigenvalue weighted by molar-refractivity contribution is 6.35. The van der Waals surface area contributed by atoms with E-state index in [-0.39, 0.29) is 13.0 Å². The van der Waals surface area contributed by atoms with Crippen molar-refractivity contribution in [1.29, 1.82) is 0 Å². The Morgan fingerprint density at radius 3 is 2.20 bits per heavy atom. The molecule has 0 radical (unpaired) electrons. The number of rotatable bonds is 8. The van der Waals surface area contributed by atoms with E-state index in [1.54, 1.807) is 31.2 Å². The average molecular weight is 418 g/mol. The van der Waals surface area contributed by atoms with Gasteiger partial charge in [-0.2, -0.15) is 0 Å². The number of carbonyl (C=O) groups excluding carboxylic acids is 4. The van der Waals surface area contributed by atoms with Crippen molar-refractivity contribution in [2.45, 2.75) is 19.3 Å². The second-order valence-corrected chi connectivity index (χ2v) is 6.89. The zero-order valence-corrected chi connectivity index (χ0v) is 17.5.